The van der Waals surface area contributed by atoms with Crippen LogP contribution in [-0.2, 0) is 23.9 Å². The minimum absolute atomic E-state index is 0.622. The molecule has 0 bridgehead atoms. The van der Waals surface area contributed by atoms with Crippen molar-refractivity contribution >= 4 is 24.0 Å². The Morgan fingerprint density at radius 1 is 1.10 bits per heavy atom. The third-order valence-corrected chi connectivity index (χ3v) is 2.02. The second kappa shape index (κ2) is 7.46. The van der Waals surface area contributed by atoms with Gasteiger partial charge in [0.25, 0.3) is 0 Å². The van der Waals surface area contributed by atoms with E-state index >= 15 is 0 Å². The number of nitrogens with one attached hydrogen (secondary N) is 1. The summed E-state index contributed by atoms with van der Waals surface area (Å²) >= 11 is 0. The van der Waals surface area contributed by atoms with Gasteiger partial charge in [-0.1, -0.05) is 0 Å². The van der Waals surface area contributed by atoms with Gasteiger partial charge in [-0.3, -0.25) is 4.79 Å². The zero-order valence-corrected chi connectivity index (χ0v) is 12.2. The van der Waals surface area contributed by atoms with Crippen LogP contribution in [0.1, 0.15) is 34.1 Å². The molecule has 0 fully saturated rings. The molecule has 0 heterocycles. The van der Waals surface area contributed by atoms with Crippen LogP contribution in [0.4, 0.5) is 4.79 Å². The highest BCUT2D eigenvalue weighted by molar-refractivity contribution is 5.82. The van der Waals surface area contributed by atoms with Crippen LogP contribution in [0.25, 0.3) is 0 Å². The fraction of sp³-hybridized carbons (Fsp3) is 0.667. The summed E-state index contributed by atoms with van der Waals surface area (Å²) in [6, 6.07) is -1.57. The van der Waals surface area contributed by atoms with Crippen LogP contribution in [0.15, 0.2) is 0 Å². The summed E-state index contributed by atoms with van der Waals surface area (Å²) in [6.07, 6.45) is -3.32. The van der Waals surface area contributed by atoms with Crippen LogP contribution in [0.3, 0.4) is 0 Å². The number of esters is 1. The van der Waals surface area contributed by atoms with E-state index in [4.69, 9.17) is 14.9 Å². The Balaban J connectivity index is 4.82. The minimum Gasteiger partial charge on any atom is -0.480 e. The van der Waals surface area contributed by atoms with Gasteiger partial charge in [-0.25, -0.2) is 14.4 Å². The molecule has 0 rings (SSSR count). The minimum atomic E-state index is -1.68. The van der Waals surface area contributed by atoms with Crippen LogP contribution < -0.4 is 5.32 Å². The molecule has 0 aromatic rings. The summed E-state index contributed by atoms with van der Waals surface area (Å²) in [5.74, 6) is -3.86. The molecule has 1 amide bonds. The number of aliphatic carboxylic acids is 2. The van der Waals surface area contributed by atoms with Gasteiger partial charge in [0.05, 0.1) is 0 Å². The van der Waals surface area contributed by atoms with E-state index in [-0.39, 0.29) is 0 Å². The molecule has 0 aliphatic rings. The van der Waals surface area contributed by atoms with Gasteiger partial charge >= 0.3 is 24.0 Å². The van der Waals surface area contributed by atoms with E-state index in [0.717, 1.165) is 6.92 Å². The van der Waals surface area contributed by atoms with E-state index in [9.17, 15) is 19.2 Å². The lowest BCUT2D eigenvalue weighted by Crippen LogP contribution is -2.46. The molecule has 0 aliphatic carbocycles. The van der Waals surface area contributed by atoms with Crippen molar-refractivity contribution in [3.05, 3.63) is 0 Å². The summed E-state index contributed by atoms with van der Waals surface area (Å²) in [5, 5.41) is 19.9. The van der Waals surface area contributed by atoms with E-state index in [1.807, 2.05) is 5.32 Å². The van der Waals surface area contributed by atoms with Crippen LogP contribution in [0, 0.1) is 0 Å². The number of amides is 1. The smallest absolute Gasteiger partial charge is 0.408 e. The Hall–Kier alpha value is -2.32. The van der Waals surface area contributed by atoms with Gasteiger partial charge in [0.2, 0.25) is 6.10 Å². The summed E-state index contributed by atoms with van der Waals surface area (Å²) in [5.41, 5.74) is -0.838. The maximum absolute atomic E-state index is 11.5. The van der Waals surface area contributed by atoms with Crippen LogP contribution in [0.2, 0.25) is 0 Å². The number of rotatable bonds is 6. The SMILES string of the molecule is CC(=O)O[C@H](C[C@H](NC(=O)OC(C)(C)C)C(=O)O)C(=O)O. The molecule has 0 aromatic heterocycles. The normalized spacial score (nSPS) is 13.7. The van der Waals surface area contributed by atoms with Crippen LogP contribution in [0.5, 0.6) is 0 Å². The van der Waals surface area contributed by atoms with Gasteiger partial charge in [-0.15, -0.1) is 0 Å². The molecule has 0 aliphatic heterocycles. The standard InChI is InChI=1S/C12H19NO8/c1-6(14)20-8(10(17)18)5-7(9(15)16)13-11(19)21-12(2,3)4/h7-8H,5H2,1-4H3,(H,13,19)(H,15,16)(H,17,18)/t7-,8+/m0/s1. The van der Waals surface area contributed by atoms with Crippen molar-refractivity contribution in [2.75, 3.05) is 0 Å². The van der Waals surface area contributed by atoms with Gasteiger partial charge in [0.1, 0.15) is 11.6 Å². The van der Waals surface area contributed by atoms with E-state index in [1.165, 1.54) is 0 Å². The van der Waals surface area contributed by atoms with Crippen LogP contribution in [-0.4, -0.2) is 52.0 Å². The molecule has 0 saturated carbocycles. The Morgan fingerprint density at radius 2 is 1.62 bits per heavy atom. The maximum atomic E-state index is 11.5. The predicted molar refractivity (Wildman–Crippen MR) is 68.6 cm³/mol. The zero-order chi connectivity index (χ0) is 16.8. The fourth-order valence-corrected chi connectivity index (χ4v) is 1.29. The molecule has 9 nitrogen and oxygen atoms in total. The Kier molecular flexibility index (Phi) is 6.64. The molecule has 0 unspecified atom stereocenters. The van der Waals surface area contributed by atoms with Crippen molar-refractivity contribution in [3.63, 3.8) is 0 Å². The van der Waals surface area contributed by atoms with Crippen molar-refractivity contribution in [2.24, 2.45) is 0 Å². The Labute approximate surface area is 121 Å². The second-order valence-electron chi connectivity index (χ2n) is 5.21. The highest BCUT2D eigenvalue weighted by Crippen LogP contribution is 2.09. The van der Waals surface area contributed by atoms with Gasteiger partial charge in [-0.2, -0.15) is 0 Å². The predicted octanol–water partition coefficient (Wildman–Crippen LogP) is 0.371. The molecule has 120 valence electrons. The van der Waals surface area contributed by atoms with Gasteiger partial charge in [0, 0.05) is 13.3 Å². The lowest BCUT2D eigenvalue weighted by atomic mass is 10.1. The highest BCUT2D eigenvalue weighted by Gasteiger charge is 2.31. The van der Waals surface area contributed by atoms with Crippen molar-refractivity contribution < 1.29 is 38.9 Å². The van der Waals surface area contributed by atoms with E-state index in [0.29, 0.717) is 0 Å². The van der Waals surface area contributed by atoms with E-state index in [2.05, 4.69) is 4.74 Å². The average molecular weight is 305 g/mol. The first-order chi connectivity index (χ1) is 9.42. The fourth-order valence-electron chi connectivity index (χ4n) is 1.29. The summed E-state index contributed by atoms with van der Waals surface area (Å²) in [4.78, 5) is 44.2. The number of alkyl carbamates (subject to hydrolysis) is 1. The molecule has 21 heavy (non-hydrogen) atoms. The number of hydrogen-bond acceptors (Lipinski definition) is 6. The average Bonchev–Trinajstić information content (AvgIpc) is 2.23. The maximum Gasteiger partial charge on any atom is 0.408 e. The number of carbonyl (C=O) groups excluding carboxylic acids is 2. The number of carbonyl (C=O) groups is 4. The lowest BCUT2D eigenvalue weighted by molar-refractivity contribution is -0.164. The number of carboxylic acid groups (broad SMARTS) is 2. The van der Waals surface area contributed by atoms with Gasteiger partial charge in [-0.05, 0) is 20.8 Å². The molecule has 0 saturated heterocycles. The largest absolute Gasteiger partial charge is 0.480 e. The highest BCUT2D eigenvalue weighted by atomic mass is 16.6. The first-order valence-corrected chi connectivity index (χ1v) is 6.04. The summed E-state index contributed by atoms with van der Waals surface area (Å²) < 4.78 is 9.35. The quantitative estimate of drug-likeness (QED) is 0.598. The monoisotopic (exact) mass is 305 g/mol. The number of ether oxygens (including phenoxy) is 2. The van der Waals surface area contributed by atoms with E-state index < -0.39 is 48.2 Å². The molecule has 0 aromatic carbocycles. The van der Waals surface area contributed by atoms with Crippen molar-refractivity contribution in [1.29, 1.82) is 0 Å². The molecule has 9 heteroatoms. The third-order valence-electron chi connectivity index (χ3n) is 2.02. The molecular weight excluding hydrogens is 286 g/mol. The van der Waals surface area contributed by atoms with Gasteiger partial charge < -0.3 is 25.0 Å². The molecule has 3 N–H and O–H groups in total. The van der Waals surface area contributed by atoms with Crippen LogP contribution >= 0.6 is 0 Å². The zero-order valence-electron chi connectivity index (χ0n) is 12.2. The summed E-state index contributed by atoms with van der Waals surface area (Å²) in [6.45, 7) is 5.75. The first-order valence-electron chi connectivity index (χ1n) is 6.04. The van der Waals surface area contributed by atoms with E-state index in [1.54, 1.807) is 20.8 Å². The van der Waals surface area contributed by atoms with Crippen molar-refractivity contribution in [2.45, 2.75) is 51.9 Å². The van der Waals surface area contributed by atoms with Gasteiger partial charge in [0.15, 0.2) is 0 Å². The number of carboxylic acids is 2. The molecule has 0 spiro atoms. The number of hydrogen-bond donors (Lipinski definition) is 3. The molecular formula is C12H19NO8. The topological polar surface area (TPSA) is 139 Å². The third kappa shape index (κ3) is 8.45. The first kappa shape index (κ1) is 18.7. The molecule has 0 radical (unpaired) electrons. The Morgan fingerprint density at radius 3 is 1.95 bits per heavy atom. The van der Waals surface area contributed by atoms with Crippen molar-refractivity contribution in [1.82, 2.24) is 5.32 Å². The summed E-state index contributed by atoms with van der Waals surface area (Å²) in [7, 11) is 0. The second-order valence-corrected chi connectivity index (χ2v) is 5.21. The Bertz CT molecular complexity index is 425. The lowest BCUT2D eigenvalue weighted by Gasteiger charge is -2.23. The molecule has 2 atom stereocenters. The van der Waals surface area contributed by atoms with Crippen molar-refractivity contribution in [3.8, 4) is 0 Å².